The van der Waals surface area contributed by atoms with Crippen LogP contribution in [0.4, 0.5) is 16.2 Å². The second kappa shape index (κ2) is 9.37. The van der Waals surface area contributed by atoms with Crippen LogP contribution in [-0.4, -0.2) is 22.8 Å². The summed E-state index contributed by atoms with van der Waals surface area (Å²) in [5.74, 6) is -1.15. The van der Waals surface area contributed by atoms with Gasteiger partial charge in [0.05, 0.1) is 10.6 Å². The summed E-state index contributed by atoms with van der Waals surface area (Å²) in [7, 11) is 0. The van der Waals surface area contributed by atoms with Gasteiger partial charge < -0.3 is 4.74 Å². The Balaban J connectivity index is 1.60. The van der Waals surface area contributed by atoms with Crippen molar-refractivity contribution in [2.45, 2.75) is 13.5 Å². The molecule has 1 saturated heterocycles. The minimum atomic E-state index is -0.819. The maximum Gasteiger partial charge on any atom is 0.335 e. The summed E-state index contributed by atoms with van der Waals surface area (Å²) in [4.78, 5) is 49.3. The van der Waals surface area contributed by atoms with Gasteiger partial charge in [-0.3, -0.25) is 25.0 Å². The molecule has 34 heavy (non-hydrogen) atoms. The van der Waals surface area contributed by atoms with Gasteiger partial charge in [-0.25, -0.2) is 9.69 Å². The number of carbonyl (C=O) groups excluding carboxylic acids is 3. The Morgan fingerprint density at radius 3 is 2.44 bits per heavy atom. The summed E-state index contributed by atoms with van der Waals surface area (Å²) in [6, 6.07) is 18.7. The highest BCUT2D eigenvalue weighted by Gasteiger charge is 2.37. The molecule has 3 aromatic rings. The molecule has 3 aromatic carbocycles. The molecule has 9 heteroatoms. The molecule has 1 fully saturated rings. The Morgan fingerprint density at radius 1 is 1.00 bits per heavy atom. The van der Waals surface area contributed by atoms with Gasteiger partial charge >= 0.3 is 6.03 Å². The summed E-state index contributed by atoms with van der Waals surface area (Å²) in [6.45, 7) is 1.95. The SMILES string of the molecule is Cc1cccc(N2C(=O)NC(=O)/C(=C\c3ccccc3OCc3ccc([N+](=O)[O-])cc3)C2=O)c1. The molecule has 4 rings (SSSR count). The van der Waals surface area contributed by atoms with E-state index in [9.17, 15) is 24.5 Å². The van der Waals surface area contributed by atoms with Crippen LogP contribution in [0.15, 0.2) is 78.4 Å². The number of nitrogens with zero attached hydrogens (tertiary/aromatic N) is 2. The van der Waals surface area contributed by atoms with Crippen molar-refractivity contribution in [1.29, 1.82) is 0 Å². The number of urea groups is 1. The van der Waals surface area contributed by atoms with E-state index in [1.165, 1.54) is 18.2 Å². The van der Waals surface area contributed by atoms with E-state index in [0.29, 0.717) is 22.6 Å². The number of aryl methyl sites for hydroxylation is 1. The van der Waals surface area contributed by atoms with Gasteiger partial charge in [-0.15, -0.1) is 0 Å². The number of amides is 4. The minimum Gasteiger partial charge on any atom is -0.488 e. The molecule has 0 aliphatic carbocycles. The fraction of sp³-hybridized carbons (Fsp3) is 0.0800. The molecule has 0 unspecified atom stereocenters. The number of hydrogen-bond donors (Lipinski definition) is 1. The summed E-state index contributed by atoms with van der Waals surface area (Å²) < 4.78 is 5.85. The maximum atomic E-state index is 13.1. The van der Waals surface area contributed by atoms with Gasteiger partial charge in [0.25, 0.3) is 17.5 Å². The van der Waals surface area contributed by atoms with E-state index >= 15 is 0 Å². The number of nitrogens with one attached hydrogen (secondary N) is 1. The maximum absolute atomic E-state index is 13.1. The van der Waals surface area contributed by atoms with Gasteiger partial charge in [-0.05, 0) is 54.5 Å². The molecule has 0 spiro atoms. The number of anilines is 1. The van der Waals surface area contributed by atoms with Crippen LogP contribution >= 0.6 is 0 Å². The number of rotatable bonds is 6. The van der Waals surface area contributed by atoms with E-state index in [0.717, 1.165) is 10.5 Å². The number of imide groups is 2. The zero-order valence-corrected chi connectivity index (χ0v) is 18.1. The standard InChI is InChI=1S/C25H19N3O6/c1-16-5-4-7-20(13-16)27-24(30)21(23(29)26-25(27)31)14-18-6-2-3-8-22(18)34-15-17-9-11-19(12-10-17)28(32)33/h2-14H,15H2,1H3,(H,26,29,31)/b21-14+. The lowest BCUT2D eigenvalue weighted by Crippen LogP contribution is -2.54. The van der Waals surface area contributed by atoms with Crippen molar-refractivity contribution in [1.82, 2.24) is 5.32 Å². The van der Waals surface area contributed by atoms with Crippen molar-refractivity contribution in [3.8, 4) is 5.75 Å². The molecule has 0 aromatic heterocycles. The lowest BCUT2D eigenvalue weighted by atomic mass is 10.1. The lowest BCUT2D eigenvalue weighted by Gasteiger charge is -2.26. The van der Waals surface area contributed by atoms with Crippen molar-refractivity contribution < 1.29 is 24.0 Å². The third-order valence-corrected chi connectivity index (χ3v) is 5.12. The number of barbiturate groups is 1. The van der Waals surface area contributed by atoms with Crippen LogP contribution in [0.25, 0.3) is 6.08 Å². The largest absolute Gasteiger partial charge is 0.488 e. The molecular weight excluding hydrogens is 438 g/mol. The average Bonchev–Trinajstić information content (AvgIpc) is 2.81. The number of nitro benzene ring substituents is 1. The summed E-state index contributed by atoms with van der Waals surface area (Å²) in [6.07, 6.45) is 1.37. The van der Waals surface area contributed by atoms with Crippen LogP contribution in [0.5, 0.6) is 5.75 Å². The molecule has 170 valence electrons. The van der Waals surface area contributed by atoms with Gasteiger partial charge in [-0.1, -0.05) is 30.3 Å². The topological polar surface area (TPSA) is 119 Å². The highest BCUT2D eigenvalue weighted by molar-refractivity contribution is 6.39. The average molecular weight is 457 g/mol. The van der Waals surface area contributed by atoms with Crippen LogP contribution in [0, 0.1) is 17.0 Å². The summed E-state index contributed by atoms with van der Waals surface area (Å²) in [5, 5.41) is 13.0. The van der Waals surface area contributed by atoms with Crippen LogP contribution in [0.3, 0.4) is 0 Å². The second-order valence-electron chi connectivity index (χ2n) is 7.55. The van der Waals surface area contributed by atoms with Crippen molar-refractivity contribution in [2.75, 3.05) is 4.90 Å². The van der Waals surface area contributed by atoms with E-state index in [1.807, 2.05) is 13.0 Å². The zero-order chi connectivity index (χ0) is 24.2. The van der Waals surface area contributed by atoms with Crippen molar-refractivity contribution in [3.63, 3.8) is 0 Å². The smallest absolute Gasteiger partial charge is 0.335 e. The second-order valence-corrected chi connectivity index (χ2v) is 7.55. The highest BCUT2D eigenvalue weighted by Crippen LogP contribution is 2.26. The predicted octanol–water partition coefficient (Wildman–Crippen LogP) is 4.15. The monoisotopic (exact) mass is 457 g/mol. The Bertz CT molecular complexity index is 1330. The van der Waals surface area contributed by atoms with Gasteiger partial charge in [0.15, 0.2) is 0 Å². The first-order valence-electron chi connectivity index (χ1n) is 10.3. The van der Waals surface area contributed by atoms with E-state index in [2.05, 4.69) is 5.32 Å². The normalized spacial score (nSPS) is 14.8. The third-order valence-electron chi connectivity index (χ3n) is 5.12. The van der Waals surface area contributed by atoms with Gasteiger partial charge in [0.2, 0.25) is 0 Å². The Morgan fingerprint density at radius 2 is 1.74 bits per heavy atom. The molecule has 0 atom stereocenters. The van der Waals surface area contributed by atoms with Crippen LogP contribution in [0.2, 0.25) is 0 Å². The van der Waals surface area contributed by atoms with Crippen molar-refractivity contribution in [2.24, 2.45) is 0 Å². The number of nitro groups is 1. The van der Waals surface area contributed by atoms with Gasteiger partial charge in [0, 0.05) is 17.7 Å². The Kier molecular flexibility index (Phi) is 6.18. The number of non-ortho nitro benzene ring substituents is 1. The first-order chi connectivity index (χ1) is 16.3. The molecule has 9 nitrogen and oxygen atoms in total. The summed E-state index contributed by atoms with van der Waals surface area (Å²) >= 11 is 0. The van der Waals surface area contributed by atoms with E-state index < -0.39 is 22.8 Å². The third kappa shape index (κ3) is 4.68. The summed E-state index contributed by atoms with van der Waals surface area (Å²) in [5.41, 5.74) is 2.13. The molecular formula is C25H19N3O6. The molecule has 1 aliphatic heterocycles. The van der Waals surface area contributed by atoms with Crippen LogP contribution in [-0.2, 0) is 16.2 Å². The molecule has 0 radical (unpaired) electrons. The Hall–Kier alpha value is -4.79. The van der Waals surface area contributed by atoms with Crippen LogP contribution in [0.1, 0.15) is 16.7 Å². The number of benzene rings is 3. The van der Waals surface area contributed by atoms with E-state index in [4.69, 9.17) is 4.74 Å². The van der Waals surface area contributed by atoms with E-state index in [1.54, 1.807) is 54.6 Å². The quantitative estimate of drug-likeness (QED) is 0.257. The van der Waals surface area contributed by atoms with Gasteiger partial charge in [0.1, 0.15) is 17.9 Å². The number of hydrogen-bond acceptors (Lipinski definition) is 6. The van der Waals surface area contributed by atoms with Gasteiger partial charge in [-0.2, -0.15) is 0 Å². The molecule has 1 N–H and O–H groups in total. The number of ether oxygens (including phenoxy) is 1. The number of para-hydroxylation sites is 1. The minimum absolute atomic E-state index is 0.0246. The molecule has 1 heterocycles. The van der Waals surface area contributed by atoms with E-state index in [-0.39, 0.29) is 17.9 Å². The first kappa shape index (κ1) is 22.4. The predicted molar refractivity (Wildman–Crippen MR) is 124 cm³/mol. The highest BCUT2D eigenvalue weighted by atomic mass is 16.6. The fourth-order valence-electron chi connectivity index (χ4n) is 3.42. The lowest BCUT2D eigenvalue weighted by molar-refractivity contribution is -0.384. The molecule has 4 amide bonds. The van der Waals surface area contributed by atoms with Crippen molar-refractivity contribution in [3.05, 3.63) is 105 Å². The number of carbonyl (C=O) groups is 3. The first-order valence-corrected chi connectivity index (χ1v) is 10.3. The fourth-order valence-corrected chi connectivity index (χ4v) is 3.42. The van der Waals surface area contributed by atoms with Crippen LogP contribution < -0.4 is 15.0 Å². The molecule has 0 saturated carbocycles. The Labute approximate surface area is 194 Å². The molecule has 0 bridgehead atoms. The molecule has 1 aliphatic rings. The van der Waals surface area contributed by atoms with Crippen molar-refractivity contribution >= 4 is 35.3 Å². The zero-order valence-electron chi connectivity index (χ0n) is 18.1.